The number of rotatable bonds is 7. The van der Waals surface area contributed by atoms with Gasteiger partial charge in [-0.25, -0.2) is 0 Å². The van der Waals surface area contributed by atoms with E-state index in [4.69, 9.17) is 4.74 Å². The van der Waals surface area contributed by atoms with Gasteiger partial charge in [-0.1, -0.05) is 15.9 Å². The Hall–Kier alpha value is -1.33. The van der Waals surface area contributed by atoms with E-state index in [1.165, 1.54) is 5.57 Å². The van der Waals surface area contributed by atoms with Gasteiger partial charge in [0.25, 0.3) is 0 Å². The summed E-state index contributed by atoms with van der Waals surface area (Å²) in [5.74, 6) is 1.12. The number of amides is 1. The molecule has 0 radical (unpaired) electrons. The summed E-state index contributed by atoms with van der Waals surface area (Å²) in [5, 5.41) is 6.39. The largest absolute Gasteiger partial charge is 0.489 e. The Morgan fingerprint density at radius 2 is 2.23 bits per heavy atom. The molecule has 2 aliphatic rings. The Kier molecular flexibility index (Phi) is 5.16. The third kappa shape index (κ3) is 4.58. The van der Waals surface area contributed by atoms with Crippen molar-refractivity contribution in [2.75, 3.05) is 19.7 Å². The molecule has 0 unspecified atom stereocenters. The molecule has 0 spiro atoms. The van der Waals surface area contributed by atoms with Crippen molar-refractivity contribution in [2.24, 2.45) is 0 Å². The molecule has 4 nitrogen and oxygen atoms in total. The van der Waals surface area contributed by atoms with Crippen LogP contribution < -0.4 is 15.4 Å². The minimum Gasteiger partial charge on any atom is -0.489 e. The maximum Gasteiger partial charge on any atom is 0.220 e. The van der Waals surface area contributed by atoms with Crippen molar-refractivity contribution in [1.29, 1.82) is 0 Å². The summed E-state index contributed by atoms with van der Waals surface area (Å²) in [6, 6.07) is 6.50. The molecule has 1 aliphatic carbocycles. The molecule has 1 aliphatic heterocycles. The van der Waals surface area contributed by atoms with E-state index in [1.807, 2.05) is 12.1 Å². The predicted molar refractivity (Wildman–Crippen MR) is 90.9 cm³/mol. The highest BCUT2D eigenvalue weighted by Crippen LogP contribution is 2.28. The molecular weight excluding hydrogens is 344 g/mol. The molecule has 0 atom stereocenters. The molecule has 3 rings (SSSR count). The van der Waals surface area contributed by atoms with Crippen LogP contribution in [0.25, 0.3) is 6.08 Å². The molecule has 0 saturated heterocycles. The van der Waals surface area contributed by atoms with Crippen molar-refractivity contribution in [3.63, 3.8) is 0 Å². The van der Waals surface area contributed by atoms with E-state index in [-0.39, 0.29) is 5.91 Å². The average molecular weight is 365 g/mol. The molecule has 1 heterocycles. The van der Waals surface area contributed by atoms with E-state index in [0.717, 1.165) is 48.1 Å². The third-order valence-electron chi connectivity index (χ3n) is 3.80. The van der Waals surface area contributed by atoms with Crippen LogP contribution in [0.2, 0.25) is 0 Å². The second kappa shape index (κ2) is 7.29. The van der Waals surface area contributed by atoms with Crippen LogP contribution in [-0.2, 0) is 4.79 Å². The molecule has 1 aromatic rings. The minimum atomic E-state index is 0.184. The Balaban J connectivity index is 1.37. The van der Waals surface area contributed by atoms with Crippen LogP contribution in [0.5, 0.6) is 5.75 Å². The summed E-state index contributed by atoms with van der Waals surface area (Å²) >= 11 is 3.48. The quantitative estimate of drug-likeness (QED) is 0.731. The lowest BCUT2D eigenvalue weighted by Gasteiger charge is -2.18. The summed E-state index contributed by atoms with van der Waals surface area (Å²) < 4.78 is 6.80. The van der Waals surface area contributed by atoms with Gasteiger partial charge in [0.1, 0.15) is 12.4 Å². The fourth-order valence-corrected chi connectivity index (χ4v) is 2.83. The Bertz CT molecular complexity index is 582. The summed E-state index contributed by atoms with van der Waals surface area (Å²) in [6.45, 7) is 2.28. The highest BCUT2D eigenvalue weighted by atomic mass is 79.9. The first-order chi connectivity index (χ1) is 10.7. The van der Waals surface area contributed by atoms with Gasteiger partial charge in [0.2, 0.25) is 5.91 Å². The first kappa shape index (κ1) is 15.6. The van der Waals surface area contributed by atoms with Crippen LogP contribution in [0.4, 0.5) is 0 Å². The first-order valence-electron chi connectivity index (χ1n) is 7.82. The number of hydrogen-bond acceptors (Lipinski definition) is 3. The van der Waals surface area contributed by atoms with Crippen LogP contribution in [-0.4, -0.2) is 31.6 Å². The van der Waals surface area contributed by atoms with Gasteiger partial charge >= 0.3 is 0 Å². The normalized spacial score (nSPS) is 16.5. The van der Waals surface area contributed by atoms with E-state index in [0.29, 0.717) is 19.1 Å². The van der Waals surface area contributed by atoms with E-state index in [2.05, 4.69) is 38.7 Å². The minimum absolute atomic E-state index is 0.184. The average Bonchev–Trinajstić information content (AvgIpc) is 3.30. The Morgan fingerprint density at radius 3 is 3.05 bits per heavy atom. The number of carbonyl (C=O) groups excluding carboxylic acids is 1. The van der Waals surface area contributed by atoms with Gasteiger partial charge in [-0.05, 0) is 55.7 Å². The van der Waals surface area contributed by atoms with E-state index < -0.39 is 0 Å². The van der Waals surface area contributed by atoms with Crippen molar-refractivity contribution >= 4 is 27.9 Å². The fraction of sp³-hybridized carbons (Fsp3) is 0.471. The lowest BCUT2D eigenvalue weighted by molar-refractivity contribution is -0.121. The zero-order valence-electron chi connectivity index (χ0n) is 12.5. The predicted octanol–water partition coefficient (Wildman–Crippen LogP) is 2.87. The van der Waals surface area contributed by atoms with Crippen molar-refractivity contribution in [1.82, 2.24) is 10.6 Å². The van der Waals surface area contributed by atoms with Gasteiger partial charge < -0.3 is 15.4 Å². The van der Waals surface area contributed by atoms with E-state index in [9.17, 15) is 4.79 Å². The summed E-state index contributed by atoms with van der Waals surface area (Å²) in [5.41, 5.74) is 2.34. The molecule has 5 heteroatoms. The smallest absolute Gasteiger partial charge is 0.220 e. The molecule has 0 bridgehead atoms. The molecule has 118 valence electrons. The molecule has 1 aromatic carbocycles. The number of halogens is 1. The van der Waals surface area contributed by atoms with Crippen molar-refractivity contribution in [3.8, 4) is 5.75 Å². The first-order valence-corrected chi connectivity index (χ1v) is 8.62. The van der Waals surface area contributed by atoms with Gasteiger partial charge in [0.15, 0.2) is 0 Å². The number of carbonyl (C=O) groups is 1. The lowest BCUT2D eigenvalue weighted by Crippen LogP contribution is -2.27. The molecule has 2 N–H and O–H groups in total. The molecule has 1 fully saturated rings. The molecule has 22 heavy (non-hydrogen) atoms. The van der Waals surface area contributed by atoms with Crippen molar-refractivity contribution < 1.29 is 9.53 Å². The highest BCUT2D eigenvalue weighted by molar-refractivity contribution is 9.10. The standard InChI is InChI=1S/C17H21BrN2O2/c18-14-3-6-16-13(9-14)8-12(11-22-16)10-19-7-1-2-17(21)20-15-4-5-15/h3,6,8-9,15,19H,1-2,4-5,7,10-11H2,(H,20,21). The van der Waals surface area contributed by atoms with Crippen LogP contribution in [0, 0.1) is 0 Å². The number of fused-ring (bicyclic) bond motifs is 1. The SMILES string of the molecule is O=C(CCCNCC1=Cc2cc(Br)ccc2OC1)NC1CC1. The maximum absolute atomic E-state index is 11.6. The van der Waals surface area contributed by atoms with Crippen molar-refractivity contribution in [3.05, 3.63) is 33.8 Å². The number of nitrogens with one attached hydrogen (secondary N) is 2. The zero-order chi connectivity index (χ0) is 15.4. The zero-order valence-corrected chi connectivity index (χ0v) is 14.1. The van der Waals surface area contributed by atoms with Crippen LogP contribution in [0.3, 0.4) is 0 Å². The van der Waals surface area contributed by atoms with Gasteiger partial charge in [-0.15, -0.1) is 0 Å². The number of ether oxygens (including phenoxy) is 1. The van der Waals surface area contributed by atoms with Crippen molar-refractivity contribution in [2.45, 2.75) is 31.7 Å². The maximum atomic E-state index is 11.6. The fourth-order valence-electron chi connectivity index (χ4n) is 2.45. The molecule has 0 aromatic heterocycles. The molecular formula is C17H21BrN2O2. The second-order valence-electron chi connectivity index (χ2n) is 5.90. The van der Waals surface area contributed by atoms with Gasteiger partial charge in [-0.2, -0.15) is 0 Å². The summed E-state index contributed by atoms with van der Waals surface area (Å²) in [4.78, 5) is 11.6. The topological polar surface area (TPSA) is 50.4 Å². The van der Waals surface area contributed by atoms with Crippen LogP contribution >= 0.6 is 15.9 Å². The Labute approximate surface area is 139 Å². The van der Waals surface area contributed by atoms with Crippen LogP contribution in [0.1, 0.15) is 31.2 Å². The second-order valence-corrected chi connectivity index (χ2v) is 6.81. The van der Waals surface area contributed by atoms with Crippen LogP contribution in [0.15, 0.2) is 28.2 Å². The number of hydrogen-bond donors (Lipinski definition) is 2. The monoisotopic (exact) mass is 364 g/mol. The Morgan fingerprint density at radius 1 is 1.36 bits per heavy atom. The molecule has 1 saturated carbocycles. The van der Waals surface area contributed by atoms with Gasteiger partial charge in [-0.3, -0.25) is 4.79 Å². The lowest BCUT2D eigenvalue weighted by atomic mass is 10.1. The van der Waals surface area contributed by atoms with Gasteiger partial charge in [0, 0.05) is 29.0 Å². The van der Waals surface area contributed by atoms with E-state index >= 15 is 0 Å². The number of benzene rings is 1. The molecule has 1 amide bonds. The summed E-state index contributed by atoms with van der Waals surface area (Å²) in [6.07, 6.45) is 5.95. The third-order valence-corrected chi connectivity index (χ3v) is 4.29. The van der Waals surface area contributed by atoms with Gasteiger partial charge in [0.05, 0.1) is 0 Å². The summed E-state index contributed by atoms with van der Waals surface area (Å²) in [7, 11) is 0. The highest BCUT2D eigenvalue weighted by Gasteiger charge is 2.22. The van der Waals surface area contributed by atoms with E-state index in [1.54, 1.807) is 0 Å².